The Balaban J connectivity index is 1.99. The monoisotopic (exact) mass is 247 g/mol. The molecule has 0 saturated heterocycles. The standard InChI is InChI=1S/C15H21NO2/c1-3-15(7-4-8-15)10-16-14(18)13-6-5-12(17)9-11(13)2/h5-6,9,17H,3-4,7-8,10H2,1-2H3,(H,16,18). The zero-order valence-corrected chi connectivity index (χ0v) is 11.1. The highest BCUT2D eigenvalue weighted by molar-refractivity contribution is 5.95. The summed E-state index contributed by atoms with van der Waals surface area (Å²) in [5.74, 6) is 0.167. The van der Waals surface area contributed by atoms with Gasteiger partial charge in [-0.1, -0.05) is 13.3 Å². The summed E-state index contributed by atoms with van der Waals surface area (Å²) in [5, 5.41) is 12.4. The molecular formula is C15H21NO2. The highest BCUT2D eigenvalue weighted by Crippen LogP contribution is 2.43. The Hall–Kier alpha value is -1.51. The van der Waals surface area contributed by atoms with Crippen LogP contribution in [0.1, 0.15) is 48.5 Å². The molecule has 18 heavy (non-hydrogen) atoms. The van der Waals surface area contributed by atoms with Crippen molar-refractivity contribution in [2.45, 2.75) is 39.5 Å². The van der Waals surface area contributed by atoms with Crippen molar-refractivity contribution in [3.8, 4) is 5.75 Å². The maximum absolute atomic E-state index is 12.1. The molecule has 0 radical (unpaired) electrons. The summed E-state index contributed by atoms with van der Waals surface area (Å²) in [5.41, 5.74) is 1.80. The number of phenolic OH excluding ortho intramolecular Hbond substituents is 1. The van der Waals surface area contributed by atoms with Crippen LogP contribution in [0.15, 0.2) is 18.2 Å². The third-order valence-corrected chi connectivity index (χ3v) is 4.24. The summed E-state index contributed by atoms with van der Waals surface area (Å²) >= 11 is 0. The van der Waals surface area contributed by atoms with Crippen LogP contribution < -0.4 is 5.32 Å². The molecule has 0 aliphatic heterocycles. The average molecular weight is 247 g/mol. The van der Waals surface area contributed by atoms with Gasteiger partial charge in [-0.3, -0.25) is 4.79 Å². The predicted molar refractivity (Wildman–Crippen MR) is 71.8 cm³/mol. The second-order valence-electron chi connectivity index (χ2n) is 5.39. The van der Waals surface area contributed by atoms with Gasteiger partial charge < -0.3 is 10.4 Å². The van der Waals surface area contributed by atoms with Crippen LogP contribution in [0.3, 0.4) is 0 Å². The normalized spacial score (nSPS) is 17.0. The van der Waals surface area contributed by atoms with E-state index in [2.05, 4.69) is 12.2 Å². The molecule has 98 valence electrons. The topological polar surface area (TPSA) is 49.3 Å². The molecule has 1 aliphatic rings. The second-order valence-corrected chi connectivity index (χ2v) is 5.39. The van der Waals surface area contributed by atoms with Crippen molar-refractivity contribution in [3.63, 3.8) is 0 Å². The third-order valence-electron chi connectivity index (χ3n) is 4.24. The van der Waals surface area contributed by atoms with Crippen LogP contribution >= 0.6 is 0 Å². The summed E-state index contributed by atoms with van der Waals surface area (Å²) < 4.78 is 0. The number of hydrogen-bond acceptors (Lipinski definition) is 2. The van der Waals surface area contributed by atoms with E-state index in [1.807, 2.05) is 6.92 Å². The number of carbonyl (C=O) groups is 1. The molecule has 1 fully saturated rings. The fraction of sp³-hybridized carbons (Fsp3) is 0.533. The van der Waals surface area contributed by atoms with Crippen molar-refractivity contribution in [2.75, 3.05) is 6.54 Å². The van der Waals surface area contributed by atoms with E-state index in [0.29, 0.717) is 11.0 Å². The van der Waals surface area contributed by atoms with Gasteiger partial charge in [0.25, 0.3) is 5.91 Å². The molecule has 1 aliphatic carbocycles. The van der Waals surface area contributed by atoms with E-state index in [4.69, 9.17) is 0 Å². The van der Waals surface area contributed by atoms with Gasteiger partial charge in [-0.05, 0) is 55.4 Å². The Bertz CT molecular complexity index is 444. The van der Waals surface area contributed by atoms with E-state index in [9.17, 15) is 9.90 Å². The highest BCUT2D eigenvalue weighted by atomic mass is 16.3. The maximum Gasteiger partial charge on any atom is 0.251 e. The molecule has 1 aromatic carbocycles. The minimum Gasteiger partial charge on any atom is -0.508 e. The van der Waals surface area contributed by atoms with Gasteiger partial charge in [-0.25, -0.2) is 0 Å². The van der Waals surface area contributed by atoms with Crippen LogP contribution in [-0.4, -0.2) is 17.6 Å². The maximum atomic E-state index is 12.1. The summed E-state index contributed by atoms with van der Waals surface area (Å²) in [6, 6.07) is 4.86. The van der Waals surface area contributed by atoms with Crippen molar-refractivity contribution in [3.05, 3.63) is 29.3 Å². The Labute approximate surface area is 108 Å². The van der Waals surface area contributed by atoms with Crippen LogP contribution in [0.2, 0.25) is 0 Å². The number of carbonyl (C=O) groups excluding carboxylic acids is 1. The summed E-state index contributed by atoms with van der Waals surface area (Å²) in [6.07, 6.45) is 4.85. The molecular weight excluding hydrogens is 226 g/mol. The fourth-order valence-corrected chi connectivity index (χ4v) is 2.60. The Morgan fingerprint density at radius 1 is 1.44 bits per heavy atom. The number of aromatic hydroxyl groups is 1. The van der Waals surface area contributed by atoms with E-state index in [1.165, 1.54) is 19.3 Å². The lowest BCUT2D eigenvalue weighted by Crippen LogP contribution is -2.41. The largest absolute Gasteiger partial charge is 0.508 e. The SMILES string of the molecule is CCC1(CNC(=O)c2ccc(O)cc2C)CCC1. The number of phenols is 1. The van der Waals surface area contributed by atoms with Gasteiger partial charge in [0, 0.05) is 12.1 Å². The van der Waals surface area contributed by atoms with E-state index in [-0.39, 0.29) is 11.7 Å². The average Bonchev–Trinajstić information content (AvgIpc) is 2.27. The quantitative estimate of drug-likeness (QED) is 0.859. The zero-order valence-electron chi connectivity index (χ0n) is 11.1. The minimum atomic E-state index is -0.0350. The van der Waals surface area contributed by atoms with Gasteiger partial charge >= 0.3 is 0 Å². The molecule has 1 saturated carbocycles. The molecule has 3 heteroatoms. The van der Waals surface area contributed by atoms with Crippen LogP contribution in [0.25, 0.3) is 0 Å². The predicted octanol–water partition coefficient (Wildman–Crippen LogP) is 3.01. The van der Waals surface area contributed by atoms with Crippen molar-refractivity contribution in [1.82, 2.24) is 5.32 Å². The first-order valence-electron chi connectivity index (χ1n) is 6.64. The van der Waals surface area contributed by atoms with E-state index in [0.717, 1.165) is 18.5 Å². The molecule has 0 atom stereocenters. The molecule has 0 heterocycles. The first-order valence-corrected chi connectivity index (χ1v) is 6.64. The molecule has 1 aromatic rings. The molecule has 3 nitrogen and oxygen atoms in total. The van der Waals surface area contributed by atoms with E-state index >= 15 is 0 Å². The molecule has 2 rings (SSSR count). The highest BCUT2D eigenvalue weighted by Gasteiger charge is 2.35. The fourth-order valence-electron chi connectivity index (χ4n) is 2.60. The lowest BCUT2D eigenvalue weighted by molar-refractivity contribution is 0.0849. The smallest absolute Gasteiger partial charge is 0.251 e. The summed E-state index contributed by atoms with van der Waals surface area (Å²) in [4.78, 5) is 12.1. The van der Waals surface area contributed by atoms with Gasteiger partial charge in [0.05, 0.1) is 0 Å². The Morgan fingerprint density at radius 3 is 2.67 bits per heavy atom. The van der Waals surface area contributed by atoms with Crippen molar-refractivity contribution >= 4 is 5.91 Å². The molecule has 2 N–H and O–H groups in total. The molecule has 0 aromatic heterocycles. The molecule has 0 spiro atoms. The van der Waals surface area contributed by atoms with Crippen LogP contribution in [0.5, 0.6) is 5.75 Å². The summed E-state index contributed by atoms with van der Waals surface area (Å²) in [7, 11) is 0. The molecule has 0 bridgehead atoms. The van der Waals surface area contributed by atoms with E-state index < -0.39 is 0 Å². The zero-order chi connectivity index (χ0) is 13.2. The van der Waals surface area contributed by atoms with Gasteiger partial charge in [-0.15, -0.1) is 0 Å². The first-order chi connectivity index (χ1) is 8.56. The number of hydrogen-bond donors (Lipinski definition) is 2. The Kier molecular flexibility index (Phi) is 3.60. The van der Waals surface area contributed by atoms with Gasteiger partial charge in [0.15, 0.2) is 0 Å². The van der Waals surface area contributed by atoms with Crippen LogP contribution in [0.4, 0.5) is 0 Å². The molecule has 1 amide bonds. The first kappa shape index (κ1) is 12.9. The number of nitrogens with one attached hydrogen (secondary N) is 1. The van der Waals surface area contributed by atoms with Crippen molar-refractivity contribution in [2.24, 2.45) is 5.41 Å². The van der Waals surface area contributed by atoms with Gasteiger partial charge in [0.2, 0.25) is 0 Å². The van der Waals surface area contributed by atoms with Crippen LogP contribution in [-0.2, 0) is 0 Å². The van der Waals surface area contributed by atoms with Gasteiger partial charge in [0.1, 0.15) is 5.75 Å². The number of benzene rings is 1. The lowest BCUT2D eigenvalue weighted by atomic mass is 9.67. The number of aryl methyl sites for hydroxylation is 1. The van der Waals surface area contributed by atoms with E-state index in [1.54, 1.807) is 18.2 Å². The second kappa shape index (κ2) is 5.01. The summed E-state index contributed by atoms with van der Waals surface area (Å²) in [6.45, 7) is 4.80. The minimum absolute atomic E-state index is 0.0350. The van der Waals surface area contributed by atoms with Gasteiger partial charge in [-0.2, -0.15) is 0 Å². The lowest BCUT2D eigenvalue weighted by Gasteiger charge is -2.41. The number of amides is 1. The van der Waals surface area contributed by atoms with Crippen molar-refractivity contribution < 1.29 is 9.90 Å². The Morgan fingerprint density at radius 2 is 2.17 bits per heavy atom. The van der Waals surface area contributed by atoms with Crippen LogP contribution in [0, 0.1) is 12.3 Å². The van der Waals surface area contributed by atoms with Crippen molar-refractivity contribution in [1.29, 1.82) is 0 Å². The number of rotatable bonds is 4. The third kappa shape index (κ3) is 2.50. The molecule has 0 unspecified atom stereocenters.